The first-order valence-electron chi connectivity index (χ1n) is 5.49. The zero-order valence-electron chi connectivity index (χ0n) is 9.98. The number of hydrogen-bond acceptors (Lipinski definition) is 3. The summed E-state index contributed by atoms with van der Waals surface area (Å²) in [5.41, 5.74) is 0.649. The van der Waals surface area contributed by atoms with Crippen molar-refractivity contribution in [3.8, 4) is 0 Å². The van der Waals surface area contributed by atoms with Crippen LogP contribution < -0.4 is 5.56 Å². The molecule has 2 aromatic rings. The average Bonchev–Trinajstić information content (AvgIpc) is 2.62. The summed E-state index contributed by atoms with van der Waals surface area (Å²) in [4.78, 5) is 19.3. The molecule has 0 atom stereocenters. The Hall–Kier alpha value is -1.65. The molecular weight excluding hydrogens is 204 g/mol. The van der Waals surface area contributed by atoms with Crippen molar-refractivity contribution in [3.05, 3.63) is 27.9 Å². The summed E-state index contributed by atoms with van der Waals surface area (Å²) in [5, 5.41) is 4.22. The van der Waals surface area contributed by atoms with Gasteiger partial charge in [-0.25, -0.2) is 0 Å². The van der Waals surface area contributed by atoms with Crippen molar-refractivity contribution in [1.29, 1.82) is 0 Å². The standard InChI is InChI=1S/C11H16N4O/c1-6(2)8-5-12-11-13-9(7(3)4)14-15(11)10(8)16/h5-7H,1-4H3,(H,12,13,14). The smallest absolute Gasteiger partial charge is 0.279 e. The first kappa shape index (κ1) is 10.9. The number of nitrogens with one attached hydrogen (secondary N) is 1. The van der Waals surface area contributed by atoms with Gasteiger partial charge >= 0.3 is 0 Å². The minimum Gasteiger partial charge on any atom is -0.330 e. The van der Waals surface area contributed by atoms with E-state index >= 15 is 0 Å². The summed E-state index contributed by atoms with van der Waals surface area (Å²) in [6.45, 7) is 7.97. The molecule has 0 saturated heterocycles. The van der Waals surface area contributed by atoms with E-state index < -0.39 is 0 Å². The molecule has 0 bridgehead atoms. The average molecular weight is 220 g/mol. The SMILES string of the molecule is CC(C)c1nc2[nH]cc(C(C)C)c(=O)n2n1. The molecule has 0 fully saturated rings. The molecule has 1 N–H and O–H groups in total. The van der Waals surface area contributed by atoms with E-state index in [1.165, 1.54) is 4.52 Å². The summed E-state index contributed by atoms with van der Waals surface area (Å²) in [5.74, 6) is 1.60. The maximum atomic E-state index is 12.0. The van der Waals surface area contributed by atoms with Gasteiger partial charge in [-0.1, -0.05) is 27.7 Å². The van der Waals surface area contributed by atoms with Crippen molar-refractivity contribution in [1.82, 2.24) is 19.6 Å². The number of nitrogens with zero attached hydrogens (tertiary/aromatic N) is 3. The third kappa shape index (κ3) is 1.62. The highest BCUT2D eigenvalue weighted by atomic mass is 16.1. The van der Waals surface area contributed by atoms with Gasteiger partial charge < -0.3 is 4.98 Å². The van der Waals surface area contributed by atoms with Crippen molar-refractivity contribution in [2.24, 2.45) is 0 Å². The second-order valence-electron chi connectivity index (χ2n) is 4.56. The van der Waals surface area contributed by atoms with Crippen LogP contribution in [0.3, 0.4) is 0 Å². The zero-order valence-corrected chi connectivity index (χ0v) is 9.98. The molecule has 5 heteroatoms. The Balaban J connectivity index is 2.70. The van der Waals surface area contributed by atoms with Crippen LogP contribution in [0.5, 0.6) is 0 Å². The first-order valence-corrected chi connectivity index (χ1v) is 5.49. The Labute approximate surface area is 93.5 Å². The molecule has 0 aromatic carbocycles. The fourth-order valence-corrected chi connectivity index (χ4v) is 1.55. The van der Waals surface area contributed by atoms with E-state index in [-0.39, 0.29) is 17.4 Å². The van der Waals surface area contributed by atoms with E-state index in [0.717, 1.165) is 5.56 Å². The lowest BCUT2D eigenvalue weighted by molar-refractivity contribution is 0.745. The van der Waals surface area contributed by atoms with Crippen molar-refractivity contribution in [2.75, 3.05) is 0 Å². The van der Waals surface area contributed by atoms with E-state index in [0.29, 0.717) is 11.6 Å². The largest absolute Gasteiger partial charge is 0.330 e. The highest BCUT2D eigenvalue weighted by molar-refractivity contribution is 5.29. The second-order valence-corrected chi connectivity index (χ2v) is 4.56. The predicted octanol–water partition coefficient (Wildman–Crippen LogP) is 1.66. The van der Waals surface area contributed by atoms with Gasteiger partial charge in [0.25, 0.3) is 5.56 Å². The molecular formula is C11H16N4O. The van der Waals surface area contributed by atoms with Crippen LogP contribution in [0.15, 0.2) is 11.0 Å². The number of fused-ring (bicyclic) bond motifs is 1. The third-order valence-electron chi connectivity index (χ3n) is 2.56. The molecule has 16 heavy (non-hydrogen) atoms. The van der Waals surface area contributed by atoms with Crippen molar-refractivity contribution in [3.63, 3.8) is 0 Å². The van der Waals surface area contributed by atoms with Crippen LogP contribution >= 0.6 is 0 Å². The molecule has 0 spiro atoms. The topological polar surface area (TPSA) is 63.0 Å². The molecule has 0 aliphatic carbocycles. The molecule has 5 nitrogen and oxygen atoms in total. The normalized spacial score (nSPS) is 11.9. The molecule has 0 aliphatic rings. The van der Waals surface area contributed by atoms with Gasteiger partial charge in [-0.2, -0.15) is 9.50 Å². The van der Waals surface area contributed by atoms with E-state index in [4.69, 9.17) is 0 Å². The number of hydrogen-bond donors (Lipinski definition) is 1. The van der Waals surface area contributed by atoms with Gasteiger partial charge in [0.2, 0.25) is 5.78 Å². The van der Waals surface area contributed by atoms with Crippen molar-refractivity contribution >= 4 is 5.78 Å². The quantitative estimate of drug-likeness (QED) is 0.837. The van der Waals surface area contributed by atoms with Gasteiger partial charge in [-0.3, -0.25) is 4.79 Å². The summed E-state index contributed by atoms with van der Waals surface area (Å²) >= 11 is 0. The summed E-state index contributed by atoms with van der Waals surface area (Å²) in [6.07, 6.45) is 1.72. The molecule has 0 saturated carbocycles. The van der Waals surface area contributed by atoms with E-state index in [9.17, 15) is 4.79 Å². The van der Waals surface area contributed by atoms with Crippen LogP contribution in [-0.2, 0) is 0 Å². The van der Waals surface area contributed by atoms with Gasteiger partial charge in [0.15, 0.2) is 5.82 Å². The monoisotopic (exact) mass is 220 g/mol. The Morgan fingerprint density at radius 2 is 1.94 bits per heavy atom. The van der Waals surface area contributed by atoms with Crippen molar-refractivity contribution < 1.29 is 0 Å². The maximum Gasteiger partial charge on any atom is 0.279 e. The lowest BCUT2D eigenvalue weighted by atomic mass is 10.1. The first-order chi connectivity index (χ1) is 7.50. The summed E-state index contributed by atoms with van der Waals surface area (Å²) in [6, 6.07) is 0. The van der Waals surface area contributed by atoms with E-state index in [2.05, 4.69) is 15.1 Å². The van der Waals surface area contributed by atoms with Crippen LogP contribution in [0.4, 0.5) is 0 Å². The van der Waals surface area contributed by atoms with Crippen LogP contribution in [0.1, 0.15) is 50.9 Å². The minimum atomic E-state index is -0.0804. The van der Waals surface area contributed by atoms with E-state index in [1.807, 2.05) is 27.7 Å². The Morgan fingerprint density at radius 1 is 1.25 bits per heavy atom. The predicted molar refractivity (Wildman–Crippen MR) is 61.8 cm³/mol. The maximum absolute atomic E-state index is 12.0. The fraction of sp³-hybridized carbons (Fsp3) is 0.545. The lowest BCUT2D eigenvalue weighted by Gasteiger charge is -2.02. The Bertz CT molecular complexity index is 565. The van der Waals surface area contributed by atoms with Gasteiger partial charge in [0.1, 0.15) is 0 Å². The summed E-state index contributed by atoms with van der Waals surface area (Å²) < 4.78 is 1.35. The van der Waals surface area contributed by atoms with Gasteiger partial charge in [0.05, 0.1) is 0 Å². The van der Waals surface area contributed by atoms with Gasteiger partial charge in [-0.05, 0) is 5.92 Å². The zero-order chi connectivity index (χ0) is 11.9. The van der Waals surface area contributed by atoms with Crippen LogP contribution in [0.25, 0.3) is 5.78 Å². The van der Waals surface area contributed by atoms with E-state index in [1.54, 1.807) is 6.20 Å². The molecule has 2 rings (SSSR count). The number of H-pyrrole nitrogens is 1. The van der Waals surface area contributed by atoms with Crippen LogP contribution in [0.2, 0.25) is 0 Å². The van der Waals surface area contributed by atoms with Crippen molar-refractivity contribution in [2.45, 2.75) is 39.5 Å². The Kier molecular flexibility index (Phi) is 2.53. The number of aromatic nitrogens is 4. The molecule has 2 heterocycles. The minimum absolute atomic E-state index is 0.0804. The molecule has 2 aromatic heterocycles. The number of rotatable bonds is 2. The molecule has 86 valence electrons. The highest BCUT2D eigenvalue weighted by Crippen LogP contribution is 2.11. The second kappa shape index (κ2) is 3.73. The molecule has 0 amide bonds. The molecule has 0 radical (unpaired) electrons. The Morgan fingerprint density at radius 3 is 2.50 bits per heavy atom. The van der Waals surface area contributed by atoms with Gasteiger partial charge in [-0.15, -0.1) is 5.10 Å². The fourth-order valence-electron chi connectivity index (χ4n) is 1.55. The van der Waals surface area contributed by atoms with Crippen LogP contribution in [0, 0.1) is 0 Å². The lowest BCUT2D eigenvalue weighted by Crippen LogP contribution is -2.20. The number of aromatic amines is 1. The summed E-state index contributed by atoms with van der Waals surface area (Å²) in [7, 11) is 0. The third-order valence-corrected chi connectivity index (χ3v) is 2.56. The van der Waals surface area contributed by atoms with Crippen LogP contribution in [-0.4, -0.2) is 19.6 Å². The molecule has 0 aliphatic heterocycles. The molecule has 0 unspecified atom stereocenters. The highest BCUT2D eigenvalue weighted by Gasteiger charge is 2.13. The van der Waals surface area contributed by atoms with Gasteiger partial charge in [0, 0.05) is 17.7 Å².